The quantitative estimate of drug-likeness (QED) is 0.845. The van der Waals surface area contributed by atoms with Gasteiger partial charge >= 0.3 is 0 Å². The molecule has 0 radical (unpaired) electrons. The number of rotatable bonds is 5. The second-order valence-corrected chi connectivity index (χ2v) is 7.72. The van der Waals surface area contributed by atoms with Crippen LogP contribution in [0.15, 0.2) is 18.2 Å². The first-order chi connectivity index (χ1) is 12.0. The van der Waals surface area contributed by atoms with E-state index in [1.165, 1.54) is 12.8 Å². The lowest BCUT2D eigenvalue weighted by molar-refractivity contribution is -0.133. The normalized spacial score (nSPS) is 21.6. The molecule has 2 aliphatic heterocycles. The van der Waals surface area contributed by atoms with Crippen LogP contribution >= 0.6 is 23.2 Å². The molecule has 2 saturated heterocycles. The molecule has 0 bridgehead atoms. The van der Waals surface area contributed by atoms with Gasteiger partial charge in [0.1, 0.15) is 0 Å². The van der Waals surface area contributed by atoms with Crippen molar-refractivity contribution in [3.63, 3.8) is 0 Å². The molecular formula is C18H26Cl2N4O. The second-order valence-electron chi connectivity index (χ2n) is 6.91. The van der Waals surface area contributed by atoms with E-state index >= 15 is 0 Å². The summed E-state index contributed by atoms with van der Waals surface area (Å²) >= 11 is 12.1. The van der Waals surface area contributed by atoms with Crippen LogP contribution in [0.4, 0.5) is 5.69 Å². The minimum Gasteiger partial charge on any atom is -0.365 e. The highest BCUT2D eigenvalue weighted by molar-refractivity contribution is 6.42. The van der Waals surface area contributed by atoms with Crippen molar-refractivity contribution in [3.05, 3.63) is 28.2 Å². The summed E-state index contributed by atoms with van der Waals surface area (Å²) in [4.78, 5) is 19.3. The molecule has 25 heavy (non-hydrogen) atoms. The van der Waals surface area contributed by atoms with Crippen LogP contribution in [0.3, 0.4) is 0 Å². The van der Waals surface area contributed by atoms with Crippen molar-refractivity contribution in [1.82, 2.24) is 15.1 Å². The fraction of sp³-hybridized carbons (Fsp3) is 0.611. The van der Waals surface area contributed by atoms with Crippen molar-refractivity contribution in [3.8, 4) is 0 Å². The van der Waals surface area contributed by atoms with E-state index in [0.717, 1.165) is 45.0 Å². The topological polar surface area (TPSA) is 38.8 Å². The summed E-state index contributed by atoms with van der Waals surface area (Å²) in [6, 6.07) is 5.71. The van der Waals surface area contributed by atoms with Gasteiger partial charge in [0, 0.05) is 38.9 Å². The first kappa shape index (κ1) is 18.8. The third-order valence-electron chi connectivity index (χ3n) is 5.05. The predicted molar refractivity (Wildman–Crippen MR) is 104 cm³/mol. The first-order valence-electron chi connectivity index (χ1n) is 8.93. The van der Waals surface area contributed by atoms with Crippen molar-refractivity contribution in [2.75, 3.05) is 57.8 Å². The van der Waals surface area contributed by atoms with Crippen LogP contribution in [0.1, 0.15) is 12.8 Å². The molecule has 138 valence electrons. The molecule has 7 heteroatoms. The molecule has 1 aromatic carbocycles. The van der Waals surface area contributed by atoms with Crippen LogP contribution in [0.5, 0.6) is 0 Å². The van der Waals surface area contributed by atoms with Gasteiger partial charge in [-0.15, -0.1) is 0 Å². The number of nitrogens with zero attached hydrogens (tertiary/aromatic N) is 3. The number of carbonyl (C=O) groups excluding carboxylic acids is 1. The number of piperazine rings is 1. The third-order valence-corrected chi connectivity index (χ3v) is 5.79. The molecular weight excluding hydrogens is 359 g/mol. The van der Waals surface area contributed by atoms with E-state index in [4.69, 9.17) is 23.2 Å². The number of nitrogens with one attached hydrogen (secondary N) is 1. The number of anilines is 1. The van der Waals surface area contributed by atoms with E-state index in [1.54, 1.807) is 12.1 Å². The highest BCUT2D eigenvalue weighted by Crippen LogP contribution is 2.26. The molecule has 1 amide bonds. The molecule has 1 atom stereocenters. The van der Waals surface area contributed by atoms with Crippen LogP contribution in [0, 0.1) is 0 Å². The van der Waals surface area contributed by atoms with Crippen molar-refractivity contribution in [2.45, 2.75) is 18.9 Å². The van der Waals surface area contributed by atoms with Crippen molar-refractivity contribution < 1.29 is 4.79 Å². The van der Waals surface area contributed by atoms with Crippen molar-refractivity contribution >= 4 is 34.8 Å². The standard InChI is InChI=1S/C18H26Cl2N4O/c1-22(14-4-5-16(19)17(20)10-14)13-18(25)24-9-6-21-11-15(24)12-23-7-2-3-8-23/h4-5,10,15,21H,2-3,6-9,11-13H2,1H3/t15-/m1/s1. The van der Waals surface area contributed by atoms with Gasteiger partial charge in [-0.3, -0.25) is 4.79 Å². The van der Waals surface area contributed by atoms with Crippen molar-refractivity contribution in [1.29, 1.82) is 0 Å². The van der Waals surface area contributed by atoms with Gasteiger partial charge in [-0.05, 0) is 44.1 Å². The molecule has 2 fully saturated rings. The number of halogens is 2. The summed E-state index contributed by atoms with van der Waals surface area (Å²) in [6.45, 7) is 6.12. The molecule has 5 nitrogen and oxygen atoms in total. The second kappa shape index (κ2) is 8.58. The molecule has 2 aliphatic rings. The zero-order valence-electron chi connectivity index (χ0n) is 14.7. The molecule has 0 unspecified atom stereocenters. The van der Waals surface area contributed by atoms with Gasteiger partial charge in [-0.2, -0.15) is 0 Å². The van der Waals surface area contributed by atoms with E-state index in [9.17, 15) is 4.79 Å². The molecule has 1 aromatic rings. The monoisotopic (exact) mass is 384 g/mol. The van der Waals surface area contributed by atoms with Crippen LogP contribution in [0.25, 0.3) is 0 Å². The zero-order chi connectivity index (χ0) is 17.8. The molecule has 0 aromatic heterocycles. The highest BCUT2D eigenvalue weighted by atomic mass is 35.5. The highest BCUT2D eigenvalue weighted by Gasteiger charge is 2.29. The van der Waals surface area contributed by atoms with Crippen molar-refractivity contribution in [2.24, 2.45) is 0 Å². The summed E-state index contributed by atoms with van der Waals surface area (Å²) < 4.78 is 0. The predicted octanol–water partition coefficient (Wildman–Crippen LogP) is 2.33. The van der Waals surface area contributed by atoms with Crippen LogP contribution in [-0.2, 0) is 4.79 Å². The Labute approximate surface area is 159 Å². The summed E-state index contributed by atoms with van der Waals surface area (Å²) in [5, 5.41) is 4.46. The Bertz CT molecular complexity index is 607. The molecule has 1 N–H and O–H groups in total. The van der Waals surface area contributed by atoms with Crippen LogP contribution < -0.4 is 10.2 Å². The van der Waals surface area contributed by atoms with E-state index < -0.39 is 0 Å². The molecule has 3 rings (SSSR count). The van der Waals surface area contributed by atoms with Gasteiger partial charge < -0.3 is 20.0 Å². The number of amides is 1. The third kappa shape index (κ3) is 4.79. The van der Waals surface area contributed by atoms with Gasteiger partial charge in [-0.25, -0.2) is 0 Å². The smallest absolute Gasteiger partial charge is 0.242 e. The lowest BCUT2D eigenvalue weighted by Gasteiger charge is -2.39. The van der Waals surface area contributed by atoms with E-state index in [1.807, 2.05) is 22.9 Å². The largest absolute Gasteiger partial charge is 0.365 e. The lowest BCUT2D eigenvalue weighted by atomic mass is 10.1. The van der Waals surface area contributed by atoms with Crippen LogP contribution in [0.2, 0.25) is 10.0 Å². The summed E-state index contributed by atoms with van der Waals surface area (Å²) in [6.07, 6.45) is 2.54. The Morgan fingerprint density at radius 3 is 2.72 bits per heavy atom. The Morgan fingerprint density at radius 2 is 2.00 bits per heavy atom. The van der Waals surface area contributed by atoms with Gasteiger partial charge in [-0.1, -0.05) is 23.2 Å². The Balaban J connectivity index is 1.61. The maximum absolute atomic E-state index is 12.9. The number of benzene rings is 1. The summed E-state index contributed by atoms with van der Waals surface area (Å²) in [5.74, 6) is 0.166. The Morgan fingerprint density at radius 1 is 1.24 bits per heavy atom. The Hall–Kier alpha value is -1.01. The van der Waals surface area contributed by atoms with Crippen LogP contribution in [-0.4, -0.2) is 74.6 Å². The number of hydrogen-bond donors (Lipinski definition) is 1. The lowest BCUT2D eigenvalue weighted by Crippen LogP contribution is -2.58. The molecule has 2 heterocycles. The Kier molecular flexibility index (Phi) is 6.44. The maximum Gasteiger partial charge on any atom is 0.242 e. The number of likely N-dealkylation sites (N-methyl/N-ethyl adjacent to an activating group) is 1. The van der Waals surface area contributed by atoms with E-state index in [2.05, 4.69) is 10.2 Å². The maximum atomic E-state index is 12.9. The average molecular weight is 385 g/mol. The fourth-order valence-electron chi connectivity index (χ4n) is 3.62. The zero-order valence-corrected chi connectivity index (χ0v) is 16.2. The van der Waals surface area contributed by atoms with Gasteiger partial charge in [0.25, 0.3) is 0 Å². The average Bonchev–Trinajstić information content (AvgIpc) is 3.10. The SMILES string of the molecule is CN(CC(=O)N1CCNC[C@@H]1CN1CCCC1)c1ccc(Cl)c(Cl)c1. The minimum absolute atomic E-state index is 0.166. The van der Waals surface area contributed by atoms with Gasteiger partial charge in [0.2, 0.25) is 5.91 Å². The van der Waals surface area contributed by atoms with E-state index in [-0.39, 0.29) is 11.9 Å². The fourth-order valence-corrected chi connectivity index (χ4v) is 3.92. The molecule has 0 spiro atoms. The summed E-state index contributed by atoms with van der Waals surface area (Å²) in [5.41, 5.74) is 0.897. The molecule has 0 aliphatic carbocycles. The van der Waals surface area contributed by atoms with E-state index in [0.29, 0.717) is 16.6 Å². The van der Waals surface area contributed by atoms with Gasteiger partial charge in [0.15, 0.2) is 0 Å². The summed E-state index contributed by atoms with van der Waals surface area (Å²) in [7, 11) is 1.91. The number of hydrogen-bond acceptors (Lipinski definition) is 4. The molecule has 0 saturated carbocycles. The van der Waals surface area contributed by atoms with Gasteiger partial charge in [0.05, 0.1) is 22.6 Å². The minimum atomic E-state index is 0.166. The number of likely N-dealkylation sites (tertiary alicyclic amines) is 1. The number of carbonyl (C=O) groups is 1. The first-order valence-corrected chi connectivity index (χ1v) is 9.69.